The van der Waals surface area contributed by atoms with Gasteiger partial charge in [-0.15, -0.1) is 0 Å². The van der Waals surface area contributed by atoms with Gasteiger partial charge in [-0.1, -0.05) is 43.5 Å². The molecule has 1 aromatic heterocycles. The fourth-order valence-corrected chi connectivity index (χ4v) is 8.26. The van der Waals surface area contributed by atoms with E-state index in [-0.39, 0.29) is 17.8 Å². The van der Waals surface area contributed by atoms with E-state index in [0.717, 1.165) is 38.7 Å². The largest absolute Gasteiger partial charge is 0.465 e. The summed E-state index contributed by atoms with van der Waals surface area (Å²) in [5.74, 6) is 0.00690. The van der Waals surface area contributed by atoms with E-state index in [1.165, 1.54) is 72.5 Å². The maximum absolute atomic E-state index is 12.7. The van der Waals surface area contributed by atoms with Gasteiger partial charge in [0.25, 0.3) is 0 Å². The molecule has 1 amide bonds. The fourth-order valence-electron chi connectivity index (χ4n) is 7.31. The number of likely N-dealkylation sites (N-methyl/N-ethyl adjacent to an activating group) is 2. The molecule has 1 atom stereocenters. The van der Waals surface area contributed by atoms with Gasteiger partial charge in [-0.3, -0.25) is 0 Å². The molecule has 46 heavy (non-hydrogen) atoms. The quantitative estimate of drug-likeness (QED) is 0.278. The number of hydrogen-bond acceptors (Lipinski definition) is 8. The molecule has 2 aliphatic rings. The van der Waals surface area contributed by atoms with Crippen molar-refractivity contribution in [3.8, 4) is 11.3 Å². The minimum atomic E-state index is -3.73. The summed E-state index contributed by atoms with van der Waals surface area (Å²) in [6, 6.07) is 12.9. The minimum Gasteiger partial charge on any atom is -0.465 e. The van der Waals surface area contributed by atoms with Gasteiger partial charge in [0.15, 0.2) is 0 Å². The number of carbonyl (C=O) groups is 2. The predicted molar refractivity (Wildman–Crippen MR) is 181 cm³/mol. The summed E-state index contributed by atoms with van der Waals surface area (Å²) in [5.41, 5.74) is 8.34. The molecular weight excluding hydrogens is 604 g/mol. The Morgan fingerprint density at radius 3 is 2.48 bits per heavy atom. The van der Waals surface area contributed by atoms with Crippen molar-refractivity contribution in [2.24, 2.45) is 0 Å². The zero-order valence-corrected chi connectivity index (χ0v) is 28.6. The van der Waals surface area contributed by atoms with Crippen molar-refractivity contribution in [1.82, 2.24) is 19.1 Å². The fraction of sp³-hybridized carbons (Fsp3) is 0.543. The number of aryl methyl sites for hydroxylation is 1. The average molecular weight is 653 g/mol. The van der Waals surface area contributed by atoms with E-state index in [1.54, 1.807) is 0 Å². The van der Waals surface area contributed by atoms with E-state index in [9.17, 15) is 18.0 Å². The van der Waals surface area contributed by atoms with Crippen LogP contribution in [0.3, 0.4) is 0 Å². The van der Waals surface area contributed by atoms with Crippen molar-refractivity contribution in [3.63, 3.8) is 0 Å². The molecule has 1 saturated carbocycles. The second kappa shape index (κ2) is 14.6. The number of fused-ring (bicyclic) bond motifs is 5. The average Bonchev–Trinajstić information content (AvgIpc) is 3.24. The highest BCUT2D eigenvalue weighted by molar-refractivity contribution is 7.90. The van der Waals surface area contributed by atoms with Gasteiger partial charge in [0.05, 0.1) is 31.2 Å². The van der Waals surface area contributed by atoms with Crippen LogP contribution >= 0.6 is 0 Å². The van der Waals surface area contributed by atoms with Crippen LogP contribution in [0.15, 0.2) is 36.4 Å². The van der Waals surface area contributed by atoms with Gasteiger partial charge < -0.3 is 23.8 Å². The number of ether oxygens (including phenoxy) is 2. The summed E-state index contributed by atoms with van der Waals surface area (Å²) >= 11 is 0. The summed E-state index contributed by atoms with van der Waals surface area (Å²) < 4.78 is 38.1. The zero-order valence-electron chi connectivity index (χ0n) is 27.8. The van der Waals surface area contributed by atoms with Gasteiger partial charge in [-0.25, -0.2) is 22.7 Å². The van der Waals surface area contributed by atoms with Crippen LogP contribution in [0, 0.1) is 6.92 Å². The molecule has 0 radical (unpaired) electrons. The molecule has 11 heteroatoms. The van der Waals surface area contributed by atoms with Crippen LogP contribution in [0.1, 0.15) is 71.5 Å². The lowest BCUT2D eigenvalue weighted by atomic mass is 9.80. The summed E-state index contributed by atoms with van der Waals surface area (Å²) in [6.07, 6.45) is 6.46. The van der Waals surface area contributed by atoms with Gasteiger partial charge in [0.1, 0.15) is 0 Å². The summed E-state index contributed by atoms with van der Waals surface area (Å²) in [4.78, 5) is 28.5. The van der Waals surface area contributed by atoms with Gasteiger partial charge >= 0.3 is 12.1 Å². The van der Waals surface area contributed by atoms with Gasteiger partial charge in [0, 0.05) is 42.1 Å². The lowest BCUT2D eigenvalue weighted by Gasteiger charge is -2.30. The van der Waals surface area contributed by atoms with E-state index in [1.807, 2.05) is 23.9 Å². The van der Waals surface area contributed by atoms with Crippen LogP contribution in [0.25, 0.3) is 22.2 Å². The maximum atomic E-state index is 12.7. The molecule has 1 aliphatic carbocycles. The standard InChI is InChI=1S/C35H48N4O6S/c1-24-11-9-14-26-21-28(38(3)19-18-37(2)17-10-20-46(42,43)36-35(41)45-5)23-39-30-22-27(34(40)44-4)15-16-29(30)32(33(39)31(24)26)25-12-7-6-8-13-25/h9,11,14-16,22,25,28H,6-8,10,12-13,17-21,23H2,1-5H3,(H,36,41). The second-order valence-electron chi connectivity index (χ2n) is 12.9. The van der Waals surface area contributed by atoms with Crippen molar-refractivity contribution >= 4 is 33.0 Å². The van der Waals surface area contributed by atoms with Gasteiger partial charge in [0.2, 0.25) is 10.0 Å². The van der Waals surface area contributed by atoms with Gasteiger partial charge in [-0.2, -0.15) is 0 Å². The first kappa shape index (κ1) is 33.9. The number of carbonyl (C=O) groups excluding carboxylic acids is 2. The Kier molecular flexibility index (Phi) is 10.7. The normalized spacial score (nSPS) is 17.1. The molecule has 0 bridgehead atoms. The molecule has 0 spiro atoms. The van der Waals surface area contributed by atoms with Crippen LogP contribution in [0.2, 0.25) is 0 Å². The summed E-state index contributed by atoms with van der Waals surface area (Å²) in [5, 5.41) is 1.24. The van der Waals surface area contributed by atoms with Crippen LogP contribution in [-0.2, 0) is 32.5 Å². The van der Waals surface area contributed by atoms with Gasteiger partial charge in [-0.05, 0) is 88.0 Å². The topological polar surface area (TPSA) is 110 Å². The van der Waals surface area contributed by atoms with Crippen LogP contribution in [0.4, 0.5) is 4.79 Å². The van der Waals surface area contributed by atoms with Crippen LogP contribution in [-0.4, -0.2) is 94.6 Å². The lowest BCUT2D eigenvalue weighted by Crippen LogP contribution is -2.41. The van der Waals surface area contributed by atoms with E-state index in [4.69, 9.17) is 4.74 Å². The molecule has 1 unspecified atom stereocenters. The number of nitrogens with zero attached hydrogens (tertiary/aromatic N) is 3. The number of esters is 1. The SMILES string of the molecule is COC(=O)NS(=O)(=O)CCCN(C)CCN(C)C1Cc2cccc(C)c2-c2c(C3CCCCC3)c3ccc(C(=O)OC)cc3n2C1. The minimum absolute atomic E-state index is 0.151. The number of sulfonamides is 1. The number of hydrogen-bond donors (Lipinski definition) is 1. The number of benzene rings is 2. The zero-order chi connectivity index (χ0) is 33.0. The molecule has 1 aliphatic heterocycles. The number of nitrogens with one attached hydrogen (secondary N) is 1. The summed E-state index contributed by atoms with van der Waals surface area (Å²) in [7, 11) is 2.99. The third kappa shape index (κ3) is 7.42. The highest BCUT2D eigenvalue weighted by atomic mass is 32.2. The smallest absolute Gasteiger partial charge is 0.420 e. The first-order valence-electron chi connectivity index (χ1n) is 16.3. The van der Waals surface area contributed by atoms with Crippen molar-refractivity contribution in [1.29, 1.82) is 0 Å². The van der Waals surface area contributed by atoms with E-state index in [0.29, 0.717) is 24.4 Å². The Hall–Kier alpha value is -3.41. The molecule has 0 saturated heterocycles. The van der Waals surface area contributed by atoms with Crippen molar-refractivity contribution in [3.05, 3.63) is 58.7 Å². The number of amides is 1. The van der Waals surface area contributed by atoms with E-state index >= 15 is 0 Å². The monoisotopic (exact) mass is 652 g/mol. The van der Waals surface area contributed by atoms with Crippen molar-refractivity contribution in [2.45, 2.75) is 70.4 Å². The first-order chi connectivity index (χ1) is 22.0. The van der Waals surface area contributed by atoms with E-state index < -0.39 is 16.1 Å². The Morgan fingerprint density at radius 2 is 1.76 bits per heavy atom. The third-order valence-electron chi connectivity index (χ3n) is 9.82. The number of aromatic nitrogens is 1. The molecule has 10 nitrogen and oxygen atoms in total. The molecule has 5 rings (SSSR count). The first-order valence-corrected chi connectivity index (χ1v) is 18.0. The molecular formula is C35H48N4O6S. The highest BCUT2D eigenvalue weighted by Gasteiger charge is 2.33. The Labute approximate surface area is 273 Å². The van der Waals surface area contributed by atoms with Crippen molar-refractivity contribution in [2.75, 3.05) is 53.7 Å². The Bertz CT molecular complexity index is 1680. The Balaban J connectivity index is 1.43. The predicted octanol–water partition coefficient (Wildman–Crippen LogP) is 5.32. The maximum Gasteiger partial charge on any atom is 0.420 e. The lowest BCUT2D eigenvalue weighted by molar-refractivity contribution is 0.0600. The second-order valence-corrected chi connectivity index (χ2v) is 14.8. The molecule has 2 heterocycles. The summed E-state index contributed by atoms with van der Waals surface area (Å²) in [6.45, 7) is 5.14. The van der Waals surface area contributed by atoms with Crippen LogP contribution < -0.4 is 4.72 Å². The molecule has 250 valence electrons. The Morgan fingerprint density at radius 1 is 1.00 bits per heavy atom. The van der Waals surface area contributed by atoms with E-state index in [2.05, 4.69) is 57.3 Å². The highest BCUT2D eigenvalue weighted by Crippen LogP contribution is 2.47. The van der Waals surface area contributed by atoms with Crippen molar-refractivity contribution < 1.29 is 27.5 Å². The molecule has 2 aromatic carbocycles. The van der Waals surface area contributed by atoms with Crippen LogP contribution in [0.5, 0.6) is 0 Å². The molecule has 1 N–H and O–H groups in total. The third-order valence-corrected chi connectivity index (χ3v) is 11.1. The number of rotatable bonds is 11. The molecule has 3 aromatic rings. The number of methoxy groups -OCH3 is 2. The molecule has 1 fully saturated rings.